The lowest BCUT2D eigenvalue weighted by Gasteiger charge is -2.25. The molecule has 0 aliphatic carbocycles. The Balaban J connectivity index is 1.87. The van der Waals surface area contributed by atoms with Crippen LogP contribution in [-0.4, -0.2) is 40.4 Å². The second-order valence-corrected chi connectivity index (χ2v) is 5.93. The lowest BCUT2D eigenvalue weighted by molar-refractivity contribution is -0.138. The quantitative estimate of drug-likeness (QED) is 0.889. The summed E-state index contributed by atoms with van der Waals surface area (Å²) in [5, 5.41) is 11.5. The lowest BCUT2D eigenvalue weighted by Crippen LogP contribution is -2.37. The van der Waals surface area contributed by atoms with Crippen LogP contribution in [0.25, 0.3) is 0 Å². The van der Waals surface area contributed by atoms with Crippen LogP contribution in [0.1, 0.15) is 41.6 Å². The Morgan fingerprint density at radius 2 is 2.13 bits per heavy atom. The molecule has 6 nitrogen and oxygen atoms in total. The number of amides is 2. The molecule has 2 aliphatic heterocycles. The summed E-state index contributed by atoms with van der Waals surface area (Å²) in [6, 6.07) is 2.25. The number of aliphatic carboxylic acids is 1. The Kier molecular flexibility index (Phi) is 4.02. The SMILES string of the molecule is O=C(O)CC1CCCN1C(=O)c1cc2c(cc1F)NC(=O)CC2. The first kappa shape index (κ1) is 15.5. The number of aryl methyl sites for hydroxylation is 1. The van der Waals surface area contributed by atoms with Gasteiger partial charge in [0, 0.05) is 24.7 Å². The zero-order chi connectivity index (χ0) is 16.6. The Hall–Kier alpha value is -2.44. The summed E-state index contributed by atoms with van der Waals surface area (Å²) in [6.07, 6.45) is 1.96. The Morgan fingerprint density at radius 3 is 2.87 bits per heavy atom. The highest BCUT2D eigenvalue weighted by Gasteiger charge is 2.32. The van der Waals surface area contributed by atoms with Crippen LogP contribution in [0.2, 0.25) is 0 Å². The van der Waals surface area contributed by atoms with E-state index in [1.54, 1.807) is 0 Å². The van der Waals surface area contributed by atoms with Gasteiger partial charge in [0.15, 0.2) is 0 Å². The number of carboxylic acid groups (broad SMARTS) is 1. The molecule has 122 valence electrons. The minimum atomic E-state index is -0.969. The van der Waals surface area contributed by atoms with Gasteiger partial charge < -0.3 is 15.3 Å². The van der Waals surface area contributed by atoms with E-state index in [9.17, 15) is 18.8 Å². The molecule has 2 N–H and O–H groups in total. The zero-order valence-corrected chi connectivity index (χ0v) is 12.5. The molecule has 2 aliphatic rings. The number of nitrogens with one attached hydrogen (secondary N) is 1. The van der Waals surface area contributed by atoms with E-state index in [-0.39, 0.29) is 17.9 Å². The molecule has 1 fully saturated rings. The van der Waals surface area contributed by atoms with Crippen LogP contribution in [0.15, 0.2) is 12.1 Å². The molecule has 1 aromatic carbocycles. The number of benzene rings is 1. The first-order chi connectivity index (χ1) is 11.0. The molecule has 2 amide bonds. The van der Waals surface area contributed by atoms with Gasteiger partial charge in [0.25, 0.3) is 5.91 Å². The standard InChI is InChI=1S/C16H17FN2O4/c17-12-8-13-9(3-4-14(20)18-13)6-11(12)16(23)19-5-1-2-10(19)7-15(21)22/h6,8,10H,1-5,7H2,(H,18,20)(H,21,22). The average molecular weight is 320 g/mol. The Bertz CT molecular complexity index is 689. The molecule has 1 atom stereocenters. The number of halogens is 1. The molecule has 2 heterocycles. The van der Waals surface area contributed by atoms with Gasteiger partial charge in [-0.05, 0) is 37.0 Å². The maximum absolute atomic E-state index is 14.3. The highest BCUT2D eigenvalue weighted by atomic mass is 19.1. The van der Waals surface area contributed by atoms with E-state index in [0.717, 1.165) is 5.56 Å². The number of hydrogen-bond donors (Lipinski definition) is 2. The normalized spacial score (nSPS) is 20.1. The molecule has 0 aromatic heterocycles. The number of carboxylic acids is 1. The predicted octanol–water partition coefficient (Wildman–Crippen LogP) is 1.79. The predicted molar refractivity (Wildman–Crippen MR) is 79.7 cm³/mol. The molecule has 1 aromatic rings. The Labute approximate surface area is 132 Å². The first-order valence-corrected chi connectivity index (χ1v) is 7.60. The molecule has 0 saturated carbocycles. The summed E-state index contributed by atoms with van der Waals surface area (Å²) < 4.78 is 14.3. The van der Waals surface area contributed by atoms with Gasteiger partial charge in [-0.2, -0.15) is 0 Å². The van der Waals surface area contributed by atoms with Gasteiger partial charge in [-0.3, -0.25) is 14.4 Å². The van der Waals surface area contributed by atoms with E-state index < -0.39 is 23.7 Å². The Morgan fingerprint density at radius 1 is 1.35 bits per heavy atom. The van der Waals surface area contributed by atoms with Crippen molar-refractivity contribution in [2.45, 2.75) is 38.1 Å². The highest BCUT2D eigenvalue weighted by Crippen LogP contribution is 2.29. The molecule has 1 unspecified atom stereocenters. The van der Waals surface area contributed by atoms with Crippen LogP contribution in [-0.2, 0) is 16.0 Å². The van der Waals surface area contributed by atoms with Crippen molar-refractivity contribution < 1.29 is 23.9 Å². The lowest BCUT2D eigenvalue weighted by atomic mass is 9.99. The molecule has 7 heteroatoms. The number of fused-ring (bicyclic) bond motifs is 1. The topological polar surface area (TPSA) is 86.7 Å². The molecule has 1 saturated heterocycles. The van der Waals surface area contributed by atoms with Crippen molar-refractivity contribution in [1.82, 2.24) is 4.90 Å². The number of carbonyl (C=O) groups excluding carboxylic acids is 2. The minimum absolute atomic E-state index is 0.0582. The van der Waals surface area contributed by atoms with Crippen LogP contribution in [0.3, 0.4) is 0 Å². The molecular formula is C16H17FN2O4. The number of nitrogens with zero attached hydrogens (tertiary/aromatic N) is 1. The van der Waals surface area contributed by atoms with Crippen LogP contribution in [0.4, 0.5) is 10.1 Å². The van der Waals surface area contributed by atoms with E-state index in [2.05, 4.69) is 5.32 Å². The smallest absolute Gasteiger partial charge is 0.305 e. The van der Waals surface area contributed by atoms with Crippen molar-refractivity contribution in [3.63, 3.8) is 0 Å². The zero-order valence-electron chi connectivity index (χ0n) is 12.5. The van der Waals surface area contributed by atoms with Gasteiger partial charge in [-0.15, -0.1) is 0 Å². The summed E-state index contributed by atoms with van der Waals surface area (Å²) in [6.45, 7) is 0.435. The summed E-state index contributed by atoms with van der Waals surface area (Å²) in [4.78, 5) is 36.3. The van der Waals surface area contributed by atoms with Crippen molar-refractivity contribution >= 4 is 23.5 Å². The fraction of sp³-hybridized carbons (Fsp3) is 0.438. The number of carbonyl (C=O) groups is 3. The van der Waals surface area contributed by atoms with Crippen LogP contribution in [0.5, 0.6) is 0 Å². The van der Waals surface area contributed by atoms with Gasteiger partial charge in [0.2, 0.25) is 5.91 Å². The number of hydrogen-bond acceptors (Lipinski definition) is 3. The molecule has 3 rings (SSSR count). The van der Waals surface area contributed by atoms with Gasteiger partial charge in [0.1, 0.15) is 5.82 Å². The molecule has 0 bridgehead atoms. The largest absolute Gasteiger partial charge is 0.481 e. The molecule has 0 spiro atoms. The van der Waals surface area contributed by atoms with Crippen molar-refractivity contribution in [2.24, 2.45) is 0 Å². The molecular weight excluding hydrogens is 303 g/mol. The number of likely N-dealkylation sites (tertiary alicyclic amines) is 1. The van der Waals surface area contributed by atoms with Crippen molar-refractivity contribution in [3.8, 4) is 0 Å². The van der Waals surface area contributed by atoms with Crippen LogP contribution < -0.4 is 5.32 Å². The number of rotatable bonds is 3. The van der Waals surface area contributed by atoms with Crippen molar-refractivity contribution in [1.29, 1.82) is 0 Å². The second kappa shape index (κ2) is 5.98. The second-order valence-electron chi connectivity index (χ2n) is 5.93. The van der Waals surface area contributed by atoms with Gasteiger partial charge >= 0.3 is 5.97 Å². The monoisotopic (exact) mass is 320 g/mol. The van der Waals surface area contributed by atoms with E-state index in [0.29, 0.717) is 37.9 Å². The summed E-state index contributed by atoms with van der Waals surface area (Å²) >= 11 is 0. The third-order valence-electron chi connectivity index (χ3n) is 4.37. The molecule has 0 radical (unpaired) electrons. The van der Waals surface area contributed by atoms with E-state index in [4.69, 9.17) is 5.11 Å². The van der Waals surface area contributed by atoms with Gasteiger partial charge in [-0.25, -0.2) is 4.39 Å². The van der Waals surface area contributed by atoms with E-state index in [1.807, 2.05) is 0 Å². The third kappa shape index (κ3) is 3.04. The van der Waals surface area contributed by atoms with Gasteiger partial charge in [0.05, 0.1) is 12.0 Å². The van der Waals surface area contributed by atoms with E-state index in [1.165, 1.54) is 17.0 Å². The molecule has 23 heavy (non-hydrogen) atoms. The van der Waals surface area contributed by atoms with Crippen LogP contribution >= 0.6 is 0 Å². The number of anilines is 1. The maximum atomic E-state index is 14.3. The summed E-state index contributed by atoms with van der Waals surface area (Å²) in [5.74, 6) is -2.32. The summed E-state index contributed by atoms with van der Waals surface area (Å²) in [7, 11) is 0. The fourth-order valence-corrected chi connectivity index (χ4v) is 3.24. The highest BCUT2D eigenvalue weighted by molar-refractivity contribution is 5.98. The van der Waals surface area contributed by atoms with E-state index >= 15 is 0 Å². The average Bonchev–Trinajstić information content (AvgIpc) is 2.93. The van der Waals surface area contributed by atoms with Crippen molar-refractivity contribution in [3.05, 3.63) is 29.1 Å². The maximum Gasteiger partial charge on any atom is 0.305 e. The van der Waals surface area contributed by atoms with Crippen molar-refractivity contribution in [2.75, 3.05) is 11.9 Å². The first-order valence-electron chi connectivity index (χ1n) is 7.60. The van der Waals surface area contributed by atoms with Gasteiger partial charge in [-0.1, -0.05) is 0 Å². The fourth-order valence-electron chi connectivity index (χ4n) is 3.24. The minimum Gasteiger partial charge on any atom is -0.481 e. The third-order valence-corrected chi connectivity index (χ3v) is 4.37. The summed E-state index contributed by atoms with van der Waals surface area (Å²) in [5.41, 5.74) is 1.07. The van der Waals surface area contributed by atoms with Crippen LogP contribution in [0, 0.1) is 5.82 Å².